The number of urea groups is 1. The van der Waals surface area contributed by atoms with Crippen molar-refractivity contribution >= 4 is 11.9 Å². The maximum Gasteiger partial charge on any atom is 0.317 e. The second kappa shape index (κ2) is 10.1. The van der Waals surface area contributed by atoms with Gasteiger partial charge < -0.3 is 16.0 Å². The molecular weight excluding hydrogens is 366 g/mol. The third-order valence-corrected chi connectivity index (χ3v) is 4.57. The van der Waals surface area contributed by atoms with Gasteiger partial charge in [0.05, 0.1) is 6.54 Å². The van der Waals surface area contributed by atoms with E-state index >= 15 is 0 Å². The van der Waals surface area contributed by atoms with E-state index in [0.29, 0.717) is 19.6 Å². The van der Waals surface area contributed by atoms with Crippen molar-refractivity contribution in [3.05, 3.63) is 89.7 Å². The third-order valence-electron chi connectivity index (χ3n) is 4.57. The summed E-state index contributed by atoms with van der Waals surface area (Å²) in [5, 5.41) is 7.21. The molecule has 29 heavy (non-hydrogen) atoms. The van der Waals surface area contributed by atoms with Gasteiger partial charge in [-0.05, 0) is 22.8 Å². The van der Waals surface area contributed by atoms with Gasteiger partial charge in [-0.3, -0.25) is 9.48 Å². The number of amides is 3. The molecule has 7 nitrogen and oxygen atoms in total. The van der Waals surface area contributed by atoms with E-state index in [1.807, 2.05) is 71.5 Å². The van der Waals surface area contributed by atoms with Crippen molar-refractivity contribution < 1.29 is 9.59 Å². The Bertz CT molecular complexity index is 925. The van der Waals surface area contributed by atoms with Crippen LogP contribution in [0.15, 0.2) is 73.1 Å². The second-order valence-electron chi connectivity index (χ2n) is 6.75. The molecule has 3 aromatic rings. The highest BCUT2D eigenvalue weighted by molar-refractivity contribution is 5.77. The lowest BCUT2D eigenvalue weighted by Crippen LogP contribution is -2.40. The van der Waals surface area contributed by atoms with Crippen LogP contribution in [-0.2, 0) is 24.4 Å². The van der Waals surface area contributed by atoms with Gasteiger partial charge in [0.25, 0.3) is 0 Å². The van der Waals surface area contributed by atoms with E-state index in [9.17, 15) is 9.59 Å². The molecule has 0 atom stereocenters. The van der Waals surface area contributed by atoms with Gasteiger partial charge in [-0.2, -0.15) is 5.10 Å². The van der Waals surface area contributed by atoms with Crippen molar-refractivity contribution in [2.75, 3.05) is 6.54 Å². The topological polar surface area (TPSA) is 93.3 Å². The number of aromatic nitrogens is 2. The van der Waals surface area contributed by atoms with Crippen LogP contribution in [0.25, 0.3) is 0 Å². The Hall–Kier alpha value is -3.61. The Morgan fingerprint density at radius 2 is 1.72 bits per heavy atom. The number of carbonyl (C=O) groups is 2. The first-order valence-electron chi connectivity index (χ1n) is 9.51. The largest absolute Gasteiger partial charge is 0.370 e. The molecule has 7 heteroatoms. The van der Waals surface area contributed by atoms with Crippen LogP contribution >= 0.6 is 0 Å². The Kier molecular flexibility index (Phi) is 7.00. The summed E-state index contributed by atoms with van der Waals surface area (Å²) in [5.41, 5.74) is 8.38. The molecule has 3 rings (SSSR count). The summed E-state index contributed by atoms with van der Waals surface area (Å²) in [7, 11) is 0. The minimum absolute atomic E-state index is 0.121. The zero-order valence-electron chi connectivity index (χ0n) is 16.2. The van der Waals surface area contributed by atoms with E-state index in [2.05, 4.69) is 10.4 Å². The Morgan fingerprint density at radius 3 is 2.41 bits per heavy atom. The second-order valence-corrected chi connectivity index (χ2v) is 6.75. The van der Waals surface area contributed by atoms with Crippen LogP contribution in [0.5, 0.6) is 0 Å². The van der Waals surface area contributed by atoms with Gasteiger partial charge in [-0.25, -0.2) is 4.79 Å². The fourth-order valence-corrected chi connectivity index (χ4v) is 3.04. The lowest BCUT2D eigenvalue weighted by atomic mass is 10.1. The number of carbonyl (C=O) groups excluding carboxylic acids is 2. The lowest BCUT2D eigenvalue weighted by molar-refractivity contribution is -0.118. The molecule has 0 aliphatic carbocycles. The van der Waals surface area contributed by atoms with E-state index in [0.717, 1.165) is 16.7 Å². The number of benzene rings is 2. The smallest absolute Gasteiger partial charge is 0.317 e. The number of hydrogen-bond donors (Lipinski definition) is 2. The van der Waals surface area contributed by atoms with Gasteiger partial charge in [0.2, 0.25) is 5.91 Å². The fourth-order valence-electron chi connectivity index (χ4n) is 3.04. The molecule has 0 aliphatic rings. The minimum atomic E-state index is -0.430. The quantitative estimate of drug-likeness (QED) is 0.587. The summed E-state index contributed by atoms with van der Waals surface area (Å²) in [6.45, 7) is 1.70. The van der Waals surface area contributed by atoms with E-state index < -0.39 is 5.91 Å². The normalized spacial score (nSPS) is 10.5. The van der Waals surface area contributed by atoms with Gasteiger partial charge in [-0.15, -0.1) is 0 Å². The Balaban J connectivity index is 1.65. The Morgan fingerprint density at radius 1 is 1.00 bits per heavy atom. The summed E-state index contributed by atoms with van der Waals surface area (Å²) in [5.74, 6) is -0.430. The van der Waals surface area contributed by atoms with Crippen LogP contribution in [0.3, 0.4) is 0 Å². The number of rotatable bonds is 9. The van der Waals surface area contributed by atoms with Crippen LogP contribution < -0.4 is 11.1 Å². The van der Waals surface area contributed by atoms with E-state index in [1.165, 1.54) is 0 Å². The highest BCUT2D eigenvalue weighted by Crippen LogP contribution is 2.11. The molecule has 0 spiro atoms. The van der Waals surface area contributed by atoms with Crippen LogP contribution in [-0.4, -0.2) is 33.2 Å². The van der Waals surface area contributed by atoms with Crippen molar-refractivity contribution in [3.8, 4) is 0 Å². The van der Waals surface area contributed by atoms with Crippen LogP contribution in [0.4, 0.5) is 4.79 Å². The third kappa shape index (κ3) is 6.21. The summed E-state index contributed by atoms with van der Waals surface area (Å²) < 4.78 is 1.84. The number of hydrogen-bond acceptors (Lipinski definition) is 3. The first kappa shape index (κ1) is 20.1. The summed E-state index contributed by atoms with van der Waals surface area (Å²) in [6.07, 6.45) is 3.77. The summed E-state index contributed by atoms with van der Waals surface area (Å²) >= 11 is 0. The predicted octanol–water partition coefficient (Wildman–Crippen LogP) is 2.52. The number of nitrogens with zero attached hydrogens (tertiary/aromatic N) is 3. The highest BCUT2D eigenvalue weighted by atomic mass is 16.2. The number of nitrogens with two attached hydrogens (primary N) is 1. The summed E-state index contributed by atoms with van der Waals surface area (Å²) in [6, 6.07) is 19.2. The molecule has 0 radical (unpaired) electrons. The highest BCUT2D eigenvalue weighted by Gasteiger charge is 2.15. The number of nitrogens with one attached hydrogen (secondary N) is 1. The standard InChI is InChI=1S/C22H25N5O2/c23-21(28)11-14-26(16-18-7-2-1-3-8-18)22(29)24-15-19-9-4-5-10-20(19)17-27-13-6-12-25-27/h1-10,12-13H,11,14-17H2,(H2,23,28)(H,24,29). The molecule has 1 aromatic heterocycles. The SMILES string of the molecule is NC(=O)CCN(Cc1ccccc1)C(=O)NCc1ccccc1Cn1cccn1. The Labute approximate surface area is 170 Å². The molecule has 0 fully saturated rings. The zero-order chi connectivity index (χ0) is 20.5. The average Bonchev–Trinajstić information content (AvgIpc) is 3.24. The lowest BCUT2D eigenvalue weighted by Gasteiger charge is -2.23. The van der Waals surface area contributed by atoms with Crippen molar-refractivity contribution in [2.24, 2.45) is 5.73 Å². The van der Waals surface area contributed by atoms with Crippen LogP contribution in [0, 0.1) is 0 Å². The maximum absolute atomic E-state index is 12.8. The van der Waals surface area contributed by atoms with Crippen molar-refractivity contribution in [2.45, 2.75) is 26.1 Å². The van der Waals surface area contributed by atoms with Crippen LogP contribution in [0.2, 0.25) is 0 Å². The van der Waals surface area contributed by atoms with Crippen molar-refractivity contribution in [3.63, 3.8) is 0 Å². The van der Waals surface area contributed by atoms with Gasteiger partial charge >= 0.3 is 6.03 Å². The molecule has 150 valence electrons. The molecule has 1 heterocycles. The van der Waals surface area contributed by atoms with E-state index in [4.69, 9.17) is 5.73 Å². The van der Waals surface area contributed by atoms with Crippen molar-refractivity contribution in [1.29, 1.82) is 0 Å². The molecule has 0 saturated heterocycles. The predicted molar refractivity (Wildman–Crippen MR) is 111 cm³/mol. The maximum atomic E-state index is 12.8. The molecule has 3 amide bonds. The molecule has 0 saturated carbocycles. The summed E-state index contributed by atoms with van der Waals surface area (Å²) in [4.78, 5) is 25.6. The molecule has 3 N–H and O–H groups in total. The van der Waals surface area contributed by atoms with Gasteiger partial charge in [-0.1, -0.05) is 54.6 Å². The van der Waals surface area contributed by atoms with Gasteiger partial charge in [0.1, 0.15) is 0 Å². The first-order valence-corrected chi connectivity index (χ1v) is 9.51. The van der Waals surface area contributed by atoms with Gasteiger partial charge in [0, 0.05) is 38.4 Å². The fraction of sp³-hybridized carbons (Fsp3) is 0.227. The first-order chi connectivity index (χ1) is 14.1. The zero-order valence-corrected chi connectivity index (χ0v) is 16.2. The molecule has 0 aliphatic heterocycles. The van der Waals surface area contributed by atoms with Crippen LogP contribution in [0.1, 0.15) is 23.1 Å². The van der Waals surface area contributed by atoms with Gasteiger partial charge in [0.15, 0.2) is 0 Å². The monoisotopic (exact) mass is 391 g/mol. The minimum Gasteiger partial charge on any atom is -0.370 e. The molecule has 2 aromatic carbocycles. The van der Waals surface area contributed by atoms with E-state index in [-0.39, 0.29) is 19.0 Å². The van der Waals surface area contributed by atoms with E-state index in [1.54, 1.807) is 11.1 Å². The molecular formula is C22H25N5O2. The molecule has 0 unspecified atom stereocenters. The molecule has 0 bridgehead atoms. The number of primary amides is 1. The average molecular weight is 391 g/mol. The van der Waals surface area contributed by atoms with Crippen molar-refractivity contribution in [1.82, 2.24) is 20.0 Å².